The van der Waals surface area contributed by atoms with E-state index in [0.29, 0.717) is 12.8 Å². The third-order valence-corrected chi connectivity index (χ3v) is 6.23. The van der Waals surface area contributed by atoms with Crippen molar-refractivity contribution in [2.45, 2.75) is 24.7 Å². The lowest BCUT2D eigenvalue weighted by molar-refractivity contribution is 0.312. The van der Waals surface area contributed by atoms with Crippen LogP contribution in [-0.4, -0.2) is 30.0 Å². The molecule has 0 N–H and O–H groups in total. The van der Waals surface area contributed by atoms with Crippen LogP contribution in [0.4, 0.5) is 0 Å². The first kappa shape index (κ1) is 21.0. The minimum absolute atomic E-state index is 0.0921. The van der Waals surface area contributed by atoms with Gasteiger partial charge in [-0.2, -0.15) is 8.42 Å². The lowest BCUT2D eigenvalue weighted by Crippen LogP contribution is -2.08. The maximum Gasteiger partial charge on any atom is 0.296 e. The number of hydrogen-bond donors (Lipinski definition) is 0. The second kappa shape index (κ2) is 9.24. The summed E-state index contributed by atoms with van der Waals surface area (Å²) >= 11 is 0. The van der Waals surface area contributed by atoms with Crippen LogP contribution in [0, 0.1) is 6.92 Å². The van der Waals surface area contributed by atoms with E-state index in [4.69, 9.17) is 4.18 Å². The first-order valence-electron chi connectivity index (χ1n) is 10.0. The highest BCUT2D eigenvalue weighted by Gasteiger charge is 2.14. The number of nitrogens with zero attached hydrogens (tertiary/aromatic N) is 3. The fourth-order valence-electron chi connectivity index (χ4n) is 3.17. The molecular formula is C24H23N3O3S. The predicted octanol–water partition coefficient (Wildman–Crippen LogP) is 4.58. The molecule has 0 radical (unpaired) electrons. The third-order valence-electron chi connectivity index (χ3n) is 4.91. The summed E-state index contributed by atoms with van der Waals surface area (Å²) in [4.78, 5) is 0.169. The van der Waals surface area contributed by atoms with E-state index in [1.54, 1.807) is 28.9 Å². The van der Waals surface area contributed by atoms with E-state index in [9.17, 15) is 8.42 Å². The molecule has 1 heterocycles. The largest absolute Gasteiger partial charge is 0.296 e. The topological polar surface area (TPSA) is 74.1 Å². The zero-order valence-electron chi connectivity index (χ0n) is 17.2. The van der Waals surface area contributed by atoms with Crippen molar-refractivity contribution in [2.24, 2.45) is 0 Å². The van der Waals surface area contributed by atoms with Crippen LogP contribution in [0.25, 0.3) is 16.8 Å². The lowest BCUT2D eigenvalue weighted by atomic mass is 10.1. The Kier molecular flexibility index (Phi) is 6.25. The van der Waals surface area contributed by atoms with Crippen molar-refractivity contribution < 1.29 is 12.6 Å². The zero-order valence-corrected chi connectivity index (χ0v) is 18.0. The van der Waals surface area contributed by atoms with Gasteiger partial charge in [0.2, 0.25) is 0 Å². The molecule has 3 aromatic carbocycles. The molecule has 0 aliphatic carbocycles. The van der Waals surface area contributed by atoms with Gasteiger partial charge in [-0.3, -0.25) is 4.18 Å². The second-order valence-electron chi connectivity index (χ2n) is 7.26. The van der Waals surface area contributed by atoms with Gasteiger partial charge >= 0.3 is 0 Å². The van der Waals surface area contributed by atoms with Gasteiger partial charge in [-0.25, -0.2) is 4.68 Å². The summed E-state index contributed by atoms with van der Waals surface area (Å²) in [5.74, 6) is 0. The molecule has 0 saturated heterocycles. The first-order chi connectivity index (χ1) is 15.0. The van der Waals surface area contributed by atoms with Gasteiger partial charge in [0.15, 0.2) is 0 Å². The molecule has 6 nitrogen and oxygen atoms in total. The molecule has 4 rings (SSSR count). The lowest BCUT2D eigenvalue weighted by Gasteiger charge is -2.05. The van der Waals surface area contributed by atoms with Crippen molar-refractivity contribution in [3.05, 3.63) is 96.3 Å². The van der Waals surface area contributed by atoms with E-state index in [0.717, 1.165) is 28.1 Å². The summed E-state index contributed by atoms with van der Waals surface area (Å²) in [6, 6.07) is 24.9. The minimum Gasteiger partial charge on any atom is -0.266 e. The van der Waals surface area contributed by atoms with Crippen LogP contribution in [-0.2, 0) is 20.7 Å². The van der Waals surface area contributed by atoms with Crippen molar-refractivity contribution in [2.75, 3.05) is 6.61 Å². The summed E-state index contributed by atoms with van der Waals surface area (Å²) in [5, 5.41) is 8.36. The smallest absolute Gasteiger partial charge is 0.266 e. The maximum atomic E-state index is 12.2. The fraction of sp³-hybridized carbons (Fsp3) is 0.167. The van der Waals surface area contributed by atoms with Crippen LogP contribution in [0.3, 0.4) is 0 Å². The number of hydrogen-bond acceptors (Lipinski definition) is 5. The maximum absolute atomic E-state index is 12.2. The Morgan fingerprint density at radius 1 is 0.871 bits per heavy atom. The van der Waals surface area contributed by atoms with E-state index >= 15 is 0 Å². The van der Waals surface area contributed by atoms with Crippen molar-refractivity contribution >= 4 is 10.1 Å². The zero-order chi connectivity index (χ0) is 21.7. The molecule has 158 valence electrons. The van der Waals surface area contributed by atoms with Crippen molar-refractivity contribution in [3.8, 4) is 16.8 Å². The number of rotatable bonds is 8. The number of aryl methyl sites for hydroxylation is 2. The van der Waals surface area contributed by atoms with Crippen LogP contribution in [0.5, 0.6) is 0 Å². The van der Waals surface area contributed by atoms with E-state index in [2.05, 4.69) is 34.6 Å². The van der Waals surface area contributed by atoms with Crippen molar-refractivity contribution in [1.82, 2.24) is 15.0 Å². The monoisotopic (exact) mass is 433 g/mol. The average molecular weight is 434 g/mol. The van der Waals surface area contributed by atoms with Crippen molar-refractivity contribution in [3.63, 3.8) is 0 Å². The predicted molar refractivity (Wildman–Crippen MR) is 119 cm³/mol. The Morgan fingerprint density at radius 3 is 2.26 bits per heavy atom. The number of benzene rings is 3. The van der Waals surface area contributed by atoms with E-state index in [1.807, 2.05) is 43.5 Å². The average Bonchev–Trinajstić information content (AvgIpc) is 3.27. The van der Waals surface area contributed by atoms with Gasteiger partial charge in [-0.1, -0.05) is 65.4 Å². The Labute approximate surface area is 182 Å². The minimum atomic E-state index is -3.74. The fourth-order valence-corrected chi connectivity index (χ4v) is 4.11. The highest BCUT2D eigenvalue weighted by atomic mass is 32.2. The molecule has 0 aliphatic heterocycles. The molecule has 31 heavy (non-hydrogen) atoms. The third kappa shape index (κ3) is 5.25. The van der Waals surface area contributed by atoms with Crippen LogP contribution in [0.15, 0.2) is 90.0 Å². The highest BCUT2D eigenvalue weighted by Crippen LogP contribution is 2.20. The van der Waals surface area contributed by atoms with Gasteiger partial charge in [-0.05, 0) is 55.2 Å². The molecule has 7 heteroatoms. The molecule has 0 atom stereocenters. The van der Waals surface area contributed by atoms with Crippen LogP contribution in [0.1, 0.15) is 17.7 Å². The number of aromatic nitrogens is 3. The highest BCUT2D eigenvalue weighted by molar-refractivity contribution is 7.86. The van der Waals surface area contributed by atoms with Crippen LogP contribution >= 0.6 is 0 Å². The van der Waals surface area contributed by atoms with Gasteiger partial charge in [0.25, 0.3) is 10.1 Å². The first-order valence-corrected chi connectivity index (χ1v) is 11.5. The van der Waals surface area contributed by atoms with E-state index in [1.165, 1.54) is 0 Å². The molecule has 0 bridgehead atoms. The Bertz CT molecular complexity index is 1230. The van der Waals surface area contributed by atoms with Gasteiger partial charge in [0.05, 0.1) is 29.1 Å². The molecule has 1 aromatic heterocycles. The SMILES string of the molecule is Cc1ccc(S(=O)(=O)OCCCc2cn(-c3ccc(-c4ccccc4)cc3)nn2)cc1. The molecule has 0 unspecified atom stereocenters. The standard InChI is InChI=1S/C24H23N3O3S/c1-19-9-15-24(16-10-19)31(28,29)30-17-5-8-22-18-27(26-25-22)23-13-11-21(12-14-23)20-6-3-2-4-7-20/h2-4,6-7,9-16,18H,5,8,17H2,1H3. The van der Waals surface area contributed by atoms with E-state index < -0.39 is 10.1 Å². The molecule has 4 aromatic rings. The summed E-state index contributed by atoms with van der Waals surface area (Å²) in [6.45, 7) is 2.00. The molecule has 0 saturated carbocycles. The summed E-state index contributed by atoms with van der Waals surface area (Å²) < 4.78 is 31.3. The quantitative estimate of drug-likeness (QED) is 0.300. The van der Waals surface area contributed by atoms with Crippen LogP contribution < -0.4 is 0 Å². The Balaban J connectivity index is 1.32. The van der Waals surface area contributed by atoms with Gasteiger partial charge in [-0.15, -0.1) is 5.10 Å². The van der Waals surface area contributed by atoms with E-state index in [-0.39, 0.29) is 11.5 Å². The summed E-state index contributed by atoms with van der Waals surface area (Å²) in [7, 11) is -3.74. The summed E-state index contributed by atoms with van der Waals surface area (Å²) in [6.07, 6.45) is 2.95. The molecule has 0 fully saturated rings. The second-order valence-corrected chi connectivity index (χ2v) is 8.88. The Morgan fingerprint density at radius 2 is 1.55 bits per heavy atom. The molecular weight excluding hydrogens is 410 g/mol. The van der Waals surface area contributed by atoms with Gasteiger partial charge in [0.1, 0.15) is 0 Å². The normalized spacial score (nSPS) is 11.5. The van der Waals surface area contributed by atoms with Gasteiger partial charge < -0.3 is 0 Å². The Hall–Kier alpha value is -3.29. The molecule has 0 amide bonds. The van der Waals surface area contributed by atoms with Crippen LogP contribution in [0.2, 0.25) is 0 Å². The summed E-state index contributed by atoms with van der Waals surface area (Å²) in [5.41, 5.74) is 4.99. The molecule has 0 spiro atoms. The molecule has 0 aliphatic rings. The van der Waals surface area contributed by atoms with Gasteiger partial charge in [0, 0.05) is 0 Å². The van der Waals surface area contributed by atoms with Crippen molar-refractivity contribution in [1.29, 1.82) is 0 Å².